The first-order valence-electron chi connectivity index (χ1n) is 7.80. The molecule has 7 heteroatoms. The van der Waals surface area contributed by atoms with Gasteiger partial charge in [-0.25, -0.2) is 9.97 Å². The summed E-state index contributed by atoms with van der Waals surface area (Å²) in [5, 5.41) is 5.04. The van der Waals surface area contributed by atoms with Gasteiger partial charge in [-0.3, -0.25) is 9.69 Å². The predicted molar refractivity (Wildman–Crippen MR) is 91.4 cm³/mol. The fourth-order valence-electron chi connectivity index (χ4n) is 2.66. The van der Waals surface area contributed by atoms with E-state index in [1.165, 1.54) is 4.88 Å². The van der Waals surface area contributed by atoms with E-state index in [2.05, 4.69) is 25.1 Å². The van der Waals surface area contributed by atoms with E-state index in [-0.39, 0.29) is 11.9 Å². The van der Waals surface area contributed by atoms with E-state index in [4.69, 9.17) is 0 Å². The van der Waals surface area contributed by atoms with Gasteiger partial charge in [0.05, 0.1) is 12.6 Å². The number of anilines is 1. The molecule has 2 aromatic rings. The second-order valence-corrected chi connectivity index (χ2v) is 6.58. The first-order valence-corrected chi connectivity index (χ1v) is 8.68. The van der Waals surface area contributed by atoms with Crippen LogP contribution >= 0.6 is 11.3 Å². The highest BCUT2D eigenvalue weighted by atomic mass is 32.1. The zero-order valence-electron chi connectivity index (χ0n) is 13.2. The van der Waals surface area contributed by atoms with Crippen molar-refractivity contribution in [3.63, 3.8) is 0 Å². The van der Waals surface area contributed by atoms with Gasteiger partial charge in [-0.2, -0.15) is 0 Å². The molecule has 0 radical (unpaired) electrons. The number of hydrogen-bond acceptors (Lipinski definition) is 6. The van der Waals surface area contributed by atoms with E-state index in [0.717, 1.165) is 32.1 Å². The van der Waals surface area contributed by atoms with Crippen LogP contribution in [0.5, 0.6) is 0 Å². The molecule has 1 N–H and O–H groups in total. The zero-order chi connectivity index (χ0) is 16.1. The van der Waals surface area contributed by atoms with Crippen LogP contribution in [0.3, 0.4) is 0 Å². The van der Waals surface area contributed by atoms with Gasteiger partial charge in [0, 0.05) is 43.4 Å². The Balaban J connectivity index is 1.47. The van der Waals surface area contributed by atoms with Crippen molar-refractivity contribution in [2.45, 2.75) is 19.5 Å². The number of nitrogens with one attached hydrogen (secondary N) is 1. The fraction of sp³-hybridized carbons (Fsp3) is 0.438. The minimum absolute atomic E-state index is 0.0859. The summed E-state index contributed by atoms with van der Waals surface area (Å²) < 4.78 is 0. The predicted octanol–water partition coefficient (Wildman–Crippen LogP) is 1.36. The van der Waals surface area contributed by atoms with Crippen LogP contribution < -0.4 is 10.2 Å². The van der Waals surface area contributed by atoms with Crippen molar-refractivity contribution in [1.82, 2.24) is 20.2 Å². The van der Waals surface area contributed by atoms with Crippen molar-refractivity contribution < 1.29 is 4.79 Å². The molecule has 3 rings (SSSR count). The summed E-state index contributed by atoms with van der Waals surface area (Å²) in [7, 11) is 0. The second-order valence-electron chi connectivity index (χ2n) is 5.54. The average Bonchev–Trinajstić information content (AvgIpc) is 3.13. The Hall–Kier alpha value is -1.99. The Morgan fingerprint density at radius 1 is 1.26 bits per heavy atom. The number of amides is 1. The number of thiophene rings is 1. The lowest BCUT2D eigenvalue weighted by molar-refractivity contribution is -0.126. The lowest BCUT2D eigenvalue weighted by atomic mass is 10.2. The van der Waals surface area contributed by atoms with Crippen LogP contribution in [0.2, 0.25) is 0 Å². The lowest BCUT2D eigenvalue weighted by Crippen LogP contribution is -2.54. The molecule has 0 saturated carbocycles. The summed E-state index contributed by atoms with van der Waals surface area (Å²) in [4.78, 5) is 26.4. The van der Waals surface area contributed by atoms with E-state index in [0.29, 0.717) is 6.54 Å². The Kier molecular flexibility index (Phi) is 5.19. The molecule has 23 heavy (non-hydrogen) atoms. The van der Waals surface area contributed by atoms with Crippen molar-refractivity contribution >= 4 is 23.2 Å². The average molecular weight is 331 g/mol. The third-order valence-electron chi connectivity index (χ3n) is 4.09. The molecule has 1 atom stereocenters. The SMILES string of the molecule is CC(C(=O)NCc1cccs1)N1CCN(c2ncccn2)CC1. The molecule has 1 aliphatic heterocycles. The molecule has 122 valence electrons. The van der Waals surface area contributed by atoms with Crippen molar-refractivity contribution in [2.75, 3.05) is 31.1 Å². The molecule has 3 heterocycles. The summed E-state index contributed by atoms with van der Waals surface area (Å²) >= 11 is 1.66. The normalized spacial score (nSPS) is 17.0. The van der Waals surface area contributed by atoms with Gasteiger partial charge >= 0.3 is 0 Å². The number of carbonyl (C=O) groups excluding carboxylic acids is 1. The number of piperazine rings is 1. The van der Waals surface area contributed by atoms with Crippen molar-refractivity contribution in [2.24, 2.45) is 0 Å². The van der Waals surface area contributed by atoms with Gasteiger partial charge in [-0.15, -0.1) is 11.3 Å². The molecule has 1 saturated heterocycles. The first-order chi connectivity index (χ1) is 11.2. The number of hydrogen-bond donors (Lipinski definition) is 1. The maximum absolute atomic E-state index is 12.3. The lowest BCUT2D eigenvalue weighted by Gasteiger charge is -2.37. The van der Waals surface area contributed by atoms with Crippen LogP contribution in [0.25, 0.3) is 0 Å². The van der Waals surface area contributed by atoms with E-state index < -0.39 is 0 Å². The van der Waals surface area contributed by atoms with E-state index in [1.54, 1.807) is 23.7 Å². The van der Waals surface area contributed by atoms with Gasteiger partial charge in [0.15, 0.2) is 0 Å². The zero-order valence-corrected chi connectivity index (χ0v) is 14.0. The van der Waals surface area contributed by atoms with Gasteiger partial charge in [0.1, 0.15) is 0 Å². The minimum atomic E-state index is -0.117. The Labute approximate surface area is 140 Å². The number of rotatable bonds is 5. The molecule has 1 amide bonds. The Morgan fingerprint density at radius 2 is 2.00 bits per heavy atom. The highest BCUT2D eigenvalue weighted by molar-refractivity contribution is 7.09. The molecule has 0 bridgehead atoms. The first kappa shape index (κ1) is 15.9. The van der Waals surface area contributed by atoms with Gasteiger partial charge in [-0.1, -0.05) is 6.07 Å². The van der Waals surface area contributed by atoms with Crippen LogP contribution in [-0.4, -0.2) is 53.0 Å². The molecule has 0 spiro atoms. The van der Waals surface area contributed by atoms with Gasteiger partial charge in [-0.05, 0) is 24.4 Å². The third-order valence-corrected chi connectivity index (χ3v) is 4.97. The Bertz CT molecular complexity index is 611. The van der Waals surface area contributed by atoms with Crippen LogP contribution in [0.1, 0.15) is 11.8 Å². The Morgan fingerprint density at radius 3 is 2.65 bits per heavy atom. The van der Waals surface area contributed by atoms with Crippen LogP contribution in [0.4, 0.5) is 5.95 Å². The van der Waals surface area contributed by atoms with E-state index in [9.17, 15) is 4.79 Å². The van der Waals surface area contributed by atoms with Crippen molar-refractivity contribution in [1.29, 1.82) is 0 Å². The van der Waals surface area contributed by atoms with Gasteiger partial charge in [0.25, 0.3) is 0 Å². The maximum Gasteiger partial charge on any atom is 0.237 e. The molecule has 6 nitrogen and oxygen atoms in total. The highest BCUT2D eigenvalue weighted by Crippen LogP contribution is 2.12. The molecule has 0 aromatic carbocycles. The highest BCUT2D eigenvalue weighted by Gasteiger charge is 2.26. The van der Waals surface area contributed by atoms with Gasteiger partial charge in [0.2, 0.25) is 11.9 Å². The molecular formula is C16H21N5OS. The summed E-state index contributed by atoms with van der Waals surface area (Å²) in [6, 6.07) is 5.74. The van der Waals surface area contributed by atoms with E-state index in [1.807, 2.05) is 30.5 Å². The minimum Gasteiger partial charge on any atom is -0.350 e. The summed E-state index contributed by atoms with van der Waals surface area (Å²) in [6.07, 6.45) is 3.52. The maximum atomic E-state index is 12.3. The smallest absolute Gasteiger partial charge is 0.237 e. The summed E-state index contributed by atoms with van der Waals surface area (Å²) in [5.41, 5.74) is 0. The number of nitrogens with zero attached hydrogens (tertiary/aromatic N) is 4. The molecular weight excluding hydrogens is 310 g/mol. The molecule has 2 aromatic heterocycles. The topological polar surface area (TPSA) is 61.4 Å². The molecule has 1 unspecified atom stereocenters. The third kappa shape index (κ3) is 4.05. The largest absolute Gasteiger partial charge is 0.350 e. The van der Waals surface area contributed by atoms with Gasteiger partial charge < -0.3 is 10.2 Å². The van der Waals surface area contributed by atoms with Crippen molar-refractivity contribution in [3.05, 3.63) is 40.8 Å². The van der Waals surface area contributed by atoms with Crippen LogP contribution in [0, 0.1) is 0 Å². The number of carbonyl (C=O) groups is 1. The molecule has 1 aliphatic rings. The van der Waals surface area contributed by atoms with Crippen LogP contribution in [-0.2, 0) is 11.3 Å². The second kappa shape index (κ2) is 7.52. The number of aromatic nitrogens is 2. The standard InChI is InChI=1S/C16H21N5OS/c1-13(15(22)19-12-14-4-2-11-23-14)20-7-9-21(10-8-20)16-17-5-3-6-18-16/h2-6,11,13H,7-10,12H2,1H3,(H,19,22). The van der Waals surface area contributed by atoms with Crippen LogP contribution in [0.15, 0.2) is 36.0 Å². The van der Waals surface area contributed by atoms with E-state index >= 15 is 0 Å². The molecule has 1 fully saturated rings. The van der Waals surface area contributed by atoms with Crippen molar-refractivity contribution in [3.8, 4) is 0 Å². The quantitative estimate of drug-likeness (QED) is 0.896. The monoisotopic (exact) mass is 331 g/mol. The fourth-order valence-corrected chi connectivity index (χ4v) is 3.31. The summed E-state index contributed by atoms with van der Waals surface area (Å²) in [5.74, 6) is 0.852. The molecule has 0 aliphatic carbocycles. The summed E-state index contributed by atoms with van der Waals surface area (Å²) in [6.45, 7) is 5.94.